The van der Waals surface area contributed by atoms with Crippen molar-refractivity contribution in [1.29, 1.82) is 0 Å². The molecule has 1 fully saturated rings. The average molecular weight is 367 g/mol. The van der Waals surface area contributed by atoms with Crippen LogP contribution in [-0.2, 0) is 10.0 Å². The lowest BCUT2D eigenvalue weighted by Gasteiger charge is -2.35. The highest BCUT2D eigenvalue weighted by Gasteiger charge is 2.35. The Hall–Kier alpha value is -0.700. The lowest BCUT2D eigenvalue weighted by Crippen LogP contribution is -2.45. The maximum atomic E-state index is 13.9. The summed E-state index contributed by atoms with van der Waals surface area (Å²) in [5.41, 5.74) is 4.91. The van der Waals surface area contributed by atoms with Crippen molar-refractivity contribution in [3.05, 3.63) is 22.4 Å². The van der Waals surface area contributed by atoms with Gasteiger partial charge in [0.15, 0.2) is 0 Å². The third-order valence-electron chi connectivity index (χ3n) is 3.47. The fraction of sp³-hybridized carbons (Fsp3) is 0.500. The molecular formula is C12H16BrFN2O3S. The molecule has 0 aliphatic carbocycles. The van der Waals surface area contributed by atoms with Gasteiger partial charge in [0, 0.05) is 23.2 Å². The number of rotatable bonds is 2. The molecule has 1 aliphatic rings. The number of halogens is 2. The van der Waals surface area contributed by atoms with E-state index in [4.69, 9.17) is 5.73 Å². The summed E-state index contributed by atoms with van der Waals surface area (Å²) in [6.45, 7) is 1.98. The number of benzene rings is 1. The van der Waals surface area contributed by atoms with Gasteiger partial charge in [-0.1, -0.05) is 0 Å². The molecule has 5 nitrogen and oxygen atoms in total. The van der Waals surface area contributed by atoms with Crippen LogP contribution in [0.25, 0.3) is 0 Å². The molecule has 1 heterocycles. The highest BCUT2D eigenvalue weighted by Crippen LogP contribution is 2.30. The van der Waals surface area contributed by atoms with Crippen molar-refractivity contribution in [2.45, 2.75) is 30.3 Å². The number of piperidine rings is 1. The maximum Gasteiger partial charge on any atom is 0.246 e. The molecule has 1 aromatic rings. The summed E-state index contributed by atoms with van der Waals surface area (Å²) >= 11 is 3.05. The van der Waals surface area contributed by atoms with Crippen molar-refractivity contribution in [2.24, 2.45) is 0 Å². The number of nitrogens with two attached hydrogens (primary N) is 1. The predicted octanol–water partition coefficient (Wildman–Crippen LogP) is 1.71. The van der Waals surface area contributed by atoms with Crippen LogP contribution in [0.2, 0.25) is 0 Å². The summed E-state index contributed by atoms with van der Waals surface area (Å²) in [5, 5.41) is 9.84. The minimum atomic E-state index is -3.94. The van der Waals surface area contributed by atoms with Gasteiger partial charge in [-0.3, -0.25) is 0 Å². The quantitative estimate of drug-likeness (QED) is 0.780. The Bertz CT molecular complexity index is 624. The van der Waals surface area contributed by atoms with E-state index in [0.717, 1.165) is 12.1 Å². The number of nitrogens with zero attached hydrogens (tertiary/aromatic N) is 1. The number of hydrogen-bond acceptors (Lipinski definition) is 4. The van der Waals surface area contributed by atoms with E-state index >= 15 is 0 Å². The first-order valence-electron chi connectivity index (χ1n) is 6.10. The summed E-state index contributed by atoms with van der Waals surface area (Å²) in [6, 6.07) is 2.16. The van der Waals surface area contributed by atoms with Crippen molar-refractivity contribution in [2.75, 3.05) is 18.8 Å². The Morgan fingerprint density at radius 3 is 2.50 bits per heavy atom. The first-order chi connectivity index (χ1) is 9.13. The van der Waals surface area contributed by atoms with Crippen molar-refractivity contribution in [1.82, 2.24) is 4.31 Å². The molecule has 0 bridgehead atoms. The lowest BCUT2D eigenvalue weighted by atomic mass is 9.95. The summed E-state index contributed by atoms with van der Waals surface area (Å²) in [7, 11) is -3.94. The smallest absolute Gasteiger partial charge is 0.246 e. The number of sulfonamides is 1. The van der Waals surface area contributed by atoms with Crippen LogP contribution in [0.4, 0.5) is 10.1 Å². The van der Waals surface area contributed by atoms with Gasteiger partial charge < -0.3 is 10.8 Å². The summed E-state index contributed by atoms with van der Waals surface area (Å²) < 4.78 is 40.2. The molecule has 0 atom stereocenters. The van der Waals surface area contributed by atoms with Crippen LogP contribution in [0.15, 0.2) is 21.5 Å². The van der Waals surface area contributed by atoms with Crippen molar-refractivity contribution < 1.29 is 17.9 Å². The molecule has 8 heteroatoms. The first kappa shape index (κ1) is 15.7. The second kappa shape index (κ2) is 5.25. The zero-order valence-corrected chi connectivity index (χ0v) is 13.3. The third kappa shape index (κ3) is 2.98. The van der Waals surface area contributed by atoms with E-state index in [1.165, 1.54) is 4.31 Å². The van der Waals surface area contributed by atoms with Gasteiger partial charge >= 0.3 is 0 Å². The number of nitrogen functional groups attached to an aromatic ring is 1. The second-order valence-electron chi connectivity index (χ2n) is 5.21. The molecule has 2 rings (SSSR count). The molecule has 0 radical (unpaired) electrons. The first-order valence-corrected chi connectivity index (χ1v) is 8.34. The zero-order valence-electron chi connectivity index (χ0n) is 10.9. The topological polar surface area (TPSA) is 83.6 Å². The van der Waals surface area contributed by atoms with Crippen LogP contribution in [0.1, 0.15) is 19.8 Å². The van der Waals surface area contributed by atoms with E-state index < -0.39 is 26.3 Å². The molecule has 3 N–H and O–H groups in total. The molecule has 1 saturated heterocycles. The van der Waals surface area contributed by atoms with Gasteiger partial charge in [0.1, 0.15) is 10.7 Å². The third-order valence-corrected chi connectivity index (χ3v) is 6.07. The number of hydrogen-bond donors (Lipinski definition) is 2. The van der Waals surface area contributed by atoms with Crippen molar-refractivity contribution in [3.8, 4) is 0 Å². The highest BCUT2D eigenvalue weighted by atomic mass is 79.9. The highest BCUT2D eigenvalue weighted by molar-refractivity contribution is 9.10. The molecule has 1 aliphatic heterocycles. The van der Waals surface area contributed by atoms with Crippen LogP contribution >= 0.6 is 15.9 Å². The van der Waals surface area contributed by atoms with Gasteiger partial charge in [0.05, 0.1) is 5.60 Å². The minimum absolute atomic E-state index is 0.157. The van der Waals surface area contributed by atoms with E-state index in [1.807, 2.05) is 0 Å². The van der Waals surface area contributed by atoms with Gasteiger partial charge in [0.2, 0.25) is 10.0 Å². The molecule has 0 unspecified atom stereocenters. The van der Waals surface area contributed by atoms with Gasteiger partial charge in [0.25, 0.3) is 0 Å². The molecule has 0 aromatic heterocycles. The van der Waals surface area contributed by atoms with Gasteiger partial charge in [-0.2, -0.15) is 4.31 Å². The summed E-state index contributed by atoms with van der Waals surface area (Å²) in [5.74, 6) is -0.844. The van der Waals surface area contributed by atoms with Crippen molar-refractivity contribution >= 4 is 31.6 Å². The zero-order chi connectivity index (χ0) is 15.1. The van der Waals surface area contributed by atoms with E-state index in [-0.39, 0.29) is 18.8 Å². The fourth-order valence-corrected chi connectivity index (χ4v) is 3.93. The normalized spacial score (nSPS) is 20.0. The number of aliphatic hydroxyl groups is 1. The van der Waals surface area contributed by atoms with Crippen molar-refractivity contribution in [3.63, 3.8) is 0 Å². The minimum Gasteiger partial charge on any atom is -0.398 e. The summed E-state index contributed by atoms with van der Waals surface area (Å²) in [6.07, 6.45) is 0.639. The molecule has 0 spiro atoms. The Morgan fingerprint density at radius 1 is 1.40 bits per heavy atom. The molecule has 1 aromatic carbocycles. The van der Waals surface area contributed by atoms with E-state index in [9.17, 15) is 17.9 Å². The standard InChI is InChI=1S/C12H16BrFN2O3S/c1-12(17)2-4-16(5-3-12)20(18,19)11-7-10(15)8(13)6-9(11)14/h6-7,17H,2-5,15H2,1H3. The van der Waals surface area contributed by atoms with Crippen LogP contribution < -0.4 is 5.73 Å². The molecular weight excluding hydrogens is 351 g/mol. The van der Waals surface area contributed by atoms with Crippen LogP contribution in [0.3, 0.4) is 0 Å². The van der Waals surface area contributed by atoms with Crippen LogP contribution in [0, 0.1) is 5.82 Å². The van der Waals surface area contributed by atoms with E-state index in [0.29, 0.717) is 17.3 Å². The molecule has 20 heavy (non-hydrogen) atoms. The lowest BCUT2D eigenvalue weighted by molar-refractivity contribution is 0.0126. The summed E-state index contributed by atoms with van der Waals surface area (Å²) in [4.78, 5) is -0.431. The fourth-order valence-electron chi connectivity index (χ4n) is 2.09. The average Bonchev–Trinajstić information content (AvgIpc) is 2.33. The van der Waals surface area contributed by atoms with Crippen LogP contribution in [0.5, 0.6) is 0 Å². The SMILES string of the molecule is CC1(O)CCN(S(=O)(=O)c2cc(N)c(Br)cc2F)CC1. The molecule has 0 saturated carbocycles. The Morgan fingerprint density at radius 2 is 1.95 bits per heavy atom. The monoisotopic (exact) mass is 366 g/mol. The molecule has 112 valence electrons. The van der Waals surface area contributed by atoms with Gasteiger partial charge in [-0.05, 0) is 47.8 Å². The van der Waals surface area contributed by atoms with Gasteiger partial charge in [-0.25, -0.2) is 12.8 Å². The molecule has 0 amide bonds. The maximum absolute atomic E-state index is 13.9. The van der Waals surface area contributed by atoms with Crippen LogP contribution in [-0.4, -0.2) is 36.5 Å². The predicted molar refractivity (Wildman–Crippen MR) is 77.1 cm³/mol. The Balaban J connectivity index is 2.34. The van der Waals surface area contributed by atoms with E-state index in [2.05, 4.69) is 15.9 Å². The van der Waals surface area contributed by atoms with E-state index in [1.54, 1.807) is 6.92 Å². The number of anilines is 1. The second-order valence-corrected chi connectivity index (χ2v) is 7.97. The largest absolute Gasteiger partial charge is 0.398 e. The van der Waals surface area contributed by atoms with Gasteiger partial charge in [-0.15, -0.1) is 0 Å². The Labute approximate surface area is 125 Å². The Kier molecular flexibility index (Phi) is 4.12.